The molecule has 2 N–H and O–H groups in total. The Labute approximate surface area is 135 Å². The zero-order valence-electron chi connectivity index (χ0n) is 11.4. The van der Waals surface area contributed by atoms with E-state index in [-0.39, 0.29) is 21.4 Å². The van der Waals surface area contributed by atoms with E-state index in [2.05, 4.69) is 10.5 Å². The summed E-state index contributed by atoms with van der Waals surface area (Å²) in [5, 5.41) is 13.3. The first-order valence-electron chi connectivity index (χ1n) is 6.07. The number of rotatable bonds is 3. The number of benzene rings is 1. The van der Waals surface area contributed by atoms with Crippen LogP contribution in [-0.4, -0.2) is 21.8 Å². The topological polar surface area (TPSA) is 83.7 Å². The molecule has 0 fully saturated rings. The second-order valence-corrected chi connectivity index (χ2v) is 5.18. The molecule has 0 aliphatic rings. The van der Waals surface area contributed by atoms with Crippen molar-refractivity contribution in [2.75, 3.05) is 0 Å². The average Bonchev–Trinajstić information content (AvgIpc) is 2.47. The summed E-state index contributed by atoms with van der Waals surface area (Å²) in [7, 11) is 1.54. The van der Waals surface area contributed by atoms with Gasteiger partial charge >= 0.3 is 0 Å². The Morgan fingerprint density at radius 3 is 2.64 bits per heavy atom. The van der Waals surface area contributed by atoms with Crippen LogP contribution in [0.15, 0.2) is 40.4 Å². The number of hydrogen-bond acceptors (Lipinski definition) is 4. The number of aryl methyl sites for hydroxylation is 1. The van der Waals surface area contributed by atoms with E-state index in [1.807, 2.05) is 0 Å². The molecule has 2 rings (SSSR count). The highest BCUT2D eigenvalue weighted by molar-refractivity contribution is 6.37. The molecule has 1 heterocycles. The monoisotopic (exact) mass is 339 g/mol. The number of aromatic nitrogens is 1. The van der Waals surface area contributed by atoms with Gasteiger partial charge in [-0.05, 0) is 29.8 Å². The van der Waals surface area contributed by atoms with Gasteiger partial charge in [0, 0.05) is 13.2 Å². The standard InChI is InChI=1S/C14H11Cl2N3O3/c1-19-4-2-3-9(14(19)22)13(21)18-17-7-8-5-10(15)12(20)11(16)6-8/h2-7,20H,1H3,(H,18,21)/b17-7-. The van der Waals surface area contributed by atoms with E-state index in [0.29, 0.717) is 5.56 Å². The third-order valence-corrected chi connectivity index (χ3v) is 3.36. The first-order valence-corrected chi connectivity index (χ1v) is 6.83. The lowest BCUT2D eigenvalue weighted by molar-refractivity contribution is 0.0953. The molecule has 0 spiro atoms. The Balaban J connectivity index is 2.14. The molecule has 1 amide bonds. The maximum atomic E-state index is 11.9. The van der Waals surface area contributed by atoms with Gasteiger partial charge in [0.25, 0.3) is 11.5 Å². The third kappa shape index (κ3) is 3.47. The highest BCUT2D eigenvalue weighted by Gasteiger charge is 2.10. The van der Waals surface area contributed by atoms with E-state index in [1.54, 1.807) is 19.3 Å². The van der Waals surface area contributed by atoms with Gasteiger partial charge in [0.05, 0.1) is 16.3 Å². The number of nitrogens with zero attached hydrogens (tertiary/aromatic N) is 2. The second kappa shape index (κ2) is 6.64. The van der Waals surface area contributed by atoms with Gasteiger partial charge in [-0.3, -0.25) is 9.59 Å². The van der Waals surface area contributed by atoms with Crippen LogP contribution in [0.2, 0.25) is 10.0 Å². The van der Waals surface area contributed by atoms with Crippen molar-refractivity contribution in [1.82, 2.24) is 9.99 Å². The number of hydrazone groups is 1. The number of pyridine rings is 1. The molecule has 114 valence electrons. The Morgan fingerprint density at radius 2 is 2.00 bits per heavy atom. The molecule has 0 aliphatic heterocycles. The Morgan fingerprint density at radius 1 is 1.36 bits per heavy atom. The molecule has 0 saturated heterocycles. The van der Waals surface area contributed by atoms with E-state index >= 15 is 0 Å². The number of halogens is 2. The van der Waals surface area contributed by atoms with Crippen LogP contribution in [0, 0.1) is 0 Å². The van der Waals surface area contributed by atoms with Crippen molar-refractivity contribution in [3.63, 3.8) is 0 Å². The smallest absolute Gasteiger partial charge is 0.276 e. The fourth-order valence-corrected chi connectivity index (χ4v) is 2.16. The molecule has 1 aromatic heterocycles. The number of amides is 1. The maximum absolute atomic E-state index is 11.9. The fraction of sp³-hybridized carbons (Fsp3) is 0.0714. The van der Waals surface area contributed by atoms with Crippen molar-refractivity contribution < 1.29 is 9.90 Å². The molecule has 8 heteroatoms. The molecule has 22 heavy (non-hydrogen) atoms. The molecule has 0 bridgehead atoms. The Hall–Kier alpha value is -2.31. The van der Waals surface area contributed by atoms with Gasteiger partial charge in [-0.2, -0.15) is 5.10 Å². The van der Waals surface area contributed by atoms with Crippen LogP contribution in [0.1, 0.15) is 15.9 Å². The zero-order valence-corrected chi connectivity index (χ0v) is 12.9. The SMILES string of the molecule is Cn1cccc(C(=O)N/N=C\c2cc(Cl)c(O)c(Cl)c2)c1=O. The molecule has 0 atom stereocenters. The fourth-order valence-electron chi connectivity index (χ4n) is 1.66. The molecule has 0 radical (unpaired) electrons. The van der Waals surface area contributed by atoms with Crippen LogP contribution >= 0.6 is 23.2 Å². The Kier molecular flexibility index (Phi) is 4.85. The predicted octanol–water partition coefficient (Wildman–Crippen LogP) is 2.16. The van der Waals surface area contributed by atoms with Crippen molar-refractivity contribution >= 4 is 35.3 Å². The predicted molar refractivity (Wildman–Crippen MR) is 84.9 cm³/mol. The summed E-state index contributed by atoms with van der Waals surface area (Å²) in [6.07, 6.45) is 2.84. The number of carbonyl (C=O) groups excluding carboxylic acids is 1. The van der Waals surface area contributed by atoms with Crippen molar-refractivity contribution in [1.29, 1.82) is 0 Å². The van der Waals surface area contributed by atoms with Crippen LogP contribution < -0.4 is 11.0 Å². The normalized spacial score (nSPS) is 10.9. The highest BCUT2D eigenvalue weighted by atomic mass is 35.5. The van der Waals surface area contributed by atoms with Crippen molar-refractivity contribution in [2.24, 2.45) is 12.1 Å². The summed E-state index contributed by atoms with van der Waals surface area (Å²) < 4.78 is 1.29. The summed E-state index contributed by atoms with van der Waals surface area (Å²) in [5.74, 6) is -0.856. The summed E-state index contributed by atoms with van der Waals surface area (Å²) >= 11 is 11.5. The van der Waals surface area contributed by atoms with Gasteiger partial charge in [-0.25, -0.2) is 5.43 Å². The third-order valence-electron chi connectivity index (χ3n) is 2.79. The van der Waals surface area contributed by atoms with Crippen molar-refractivity contribution in [2.45, 2.75) is 0 Å². The molecule has 0 aliphatic carbocycles. The largest absolute Gasteiger partial charge is 0.505 e. The first-order chi connectivity index (χ1) is 10.4. The van der Waals surface area contributed by atoms with Gasteiger partial charge < -0.3 is 9.67 Å². The lowest BCUT2D eigenvalue weighted by Crippen LogP contribution is -2.29. The van der Waals surface area contributed by atoms with Gasteiger partial charge in [0.2, 0.25) is 0 Å². The lowest BCUT2D eigenvalue weighted by atomic mass is 10.2. The first kappa shape index (κ1) is 16.1. The van der Waals surface area contributed by atoms with Crippen molar-refractivity contribution in [3.8, 4) is 5.75 Å². The summed E-state index contributed by atoms with van der Waals surface area (Å²) in [4.78, 5) is 23.6. The molecular formula is C14H11Cl2N3O3. The Bertz CT molecular complexity index is 792. The average molecular weight is 340 g/mol. The van der Waals surface area contributed by atoms with Crippen LogP contribution in [0.3, 0.4) is 0 Å². The summed E-state index contributed by atoms with van der Waals surface area (Å²) in [5.41, 5.74) is 2.27. The van der Waals surface area contributed by atoms with Gasteiger partial charge in [-0.1, -0.05) is 23.2 Å². The van der Waals surface area contributed by atoms with E-state index in [9.17, 15) is 14.7 Å². The minimum atomic E-state index is -0.631. The van der Waals surface area contributed by atoms with E-state index in [4.69, 9.17) is 23.2 Å². The molecule has 6 nitrogen and oxygen atoms in total. The minimum Gasteiger partial charge on any atom is -0.505 e. The van der Waals surface area contributed by atoms with Crippen LogP contribution in [0.4, 0.5) is 0 Å². The molecule has 1 aromatic carbocycles. The van der Waals surface area contributed by atoms with Gasteiger partial charge in [-0.15, -0.1) is 0 Å². The van der Waals surface area contributed by atoms with Crippen LogP contribution in [-0.2, 0) is 7.05 Å². The number of phenols is 1. The van der Waals surface area contributed by atoms with Gasteiger partial charge in [0.15, 0.2) is 5.75 Å². The molecule has 0 saturated carbocycles. The van der Waals surface area contributed by atoms with E-state index < -0.39 is 11.5 Å². The van der Waals surface area contributed by atoms with E-state index in [0.717, 1.165) is 0 Å². The number of aromatic hydroxyl groups is 1. The van der Waals surface area contributed by atoms with E-state index in [1.165, 1.54) is 29.0 Å². The van der Waals surface area contributed by atoms with Gasteiger partial charge in [0.1, 0.15) is 5.56 Å². The van der Waals surface area contributed by atoms with Crippen LogP contribution in [0.25, 0.3) is 0 Å². The number of carbonyl (C=O) groups is 1. The maximum Gasteiger partial charge on any atom is 0.276 e. The number of hydrogen-bond donors (Lipinski definition) is 2. The second-order valence-electron chi connectivity index (χ2n) is 4.37. The number of nitrogens with one attached hydrogen (secondary N) is 1. The molecule has 2 aromatic rings. The quantitative estimate of drug-likeness (QED) is 0.663. The molecule has 0 unspecified atom stereocenters. The number of phenolic OH excluding ortho intramolecular Hbond substituents is 1. The summed E-state index contributed by atoms with van der Waals surface area (Å²) in [6.45, 7) is 0. The minimum absolute atomic E-state index is 0.0241. The molecular weight excluding hydrogens is 329 g/mol. The lowest BCUT2D eigenvalue weighted by Gasteiger charge is -2.03. The highest BCUT2D eigenvalue weighted by Crippen LogP contribution is 2.32. The van der Waals surface area contributed by atoms with Crippen molar-refractivity contribution in [3.05, 3.63) is 62.0 Å². The van der Waals surface area contributed by atoms with Crippen LogP contribution in [0.5, 0.6) is 5.75 Å². The zero-order chi connectivity index (χ0) is 16.3. The summed E-state index contributed by atoms with van der Waals surface area (Å²) in [6, 6.07) is 5.85.